The van der Waals surface area contributed by atoms with Gasteiger partial charge in [0.2, 0.25) is 0 Å². The third kappa shape index (κ3) is 1.74. The van der Waals surface area contributed by atoms with Gasteiger partial charge < -0.3 is 0 Å². The van der Waals surface area contributed by atoms with Crippen LogP contribution in [0.5, 0.6) is 0 Å². The molecule has 1 saturated carbocycles. The van der Waals surface area contributed by atoms with Crippen LogP contribution in [0.2, 0.25) is 0 Å². The Morgan fingerprint density at radius 2 is 2.06 bits per heavy atom. The molecule has 1 aliphatic rings. The van der Waals surface area contributed by atoms with Crippen molar-refractivity contribution in [2.75, 3.05) is 0 Å². The van der Waals surface area contributed by atoms with Crippen LogP contribution in [-0.2, 0) is 5.41 Å². The molecule has 1 fully saturated rings. The third-order valence-corrected chi connectivity index (χ3v) is 4.73. The lowest BCUT2D eigenvalue weighted by atomic mass is 10.0. The molecule has 1 aliphatic carbocycles. The molecule has 2 aromatic rings. The Hall–Kier alpha value is -1.66. The lowest BCUT2D eigenvalue weighted by Crippen LogP contribution is -2.01. The molecule has 18 heavy (non-hydrogen) atoms. The first-order chi connectivity index (χ1) is 8.64. The van der Waals surface area contributed by atoms with E-state index in [1.807, 2.05) is 0 Å². The molecule has 0 saturated heterocycles. The molecule has 3 heteroatoms. The Labute approximate surface area is 111 Å². The van der Waals surface area contributed by atoms with Gasteiger partial charge in [-0.1, -0.05) is 12.1 Å². The number of nitriles is 1. The summed E-state index contributed by atoms with van der Waals surface area (Å²) < 4.78 is 0. The molecule has 1 heterocycles. The summed E-state index contributed by atoms with van der Waals surface area (Å²) in [4.78, 5) is 4.65. The molecule has 1 aromatic heterocycles. The second-order valence-corrected chi connectivity index (χ2v) is 5.89. The van der Waals surface area contributed by atoms with Crippen LogP contribution < -0.4 is 0 Å². The molecule has 0 atom stereocenters. The first-order valence-corrected chi connectivity index (χ1v) is 6.97. The van der Waals surface area contributed by atoms with Gasteiger partial charge >= 0.3 is 0 Å². The fourth-order valence-electron chi connectivity index (χ4n) is 2.03. The maximum Gasteiger partial charge on any atom is 0.114 e. The maximum atomic E-state index is 9.19. The Kier molecular flexibility index (Phi) is 2.49. The number of hydrogen-bond acceptors (Lipinski definition) is 3. The smallest absolute Gasteiger partial charge is 0.114 e. The summed E-state index contributed by atoms with van der Waals surface area (Å²) in [6.07, 6.45) is 1.92. The van der Waals surface area contributed by atoms with Crippen molar-refractivity contribution in [2.24, 2.45) is 0 Å². The second-order valence-electron chi connectivity index (χ2n) is 5.03. The fraction of sp³-hybridized carbons (Fsp3) is 0.333. The van der Waals surface area contributed by atoms with Crippen LogP contribution in [0.15, 0.2) is 23.6 Å². The van der Waals surface area contributed by atoms with Gasteiger partial charge in [0, 0.05) is 10.9 Å². The maximum absolute atomic E-state index is 9.19. The van der Waals surface area contributed by atoms with Gasteiger partial charge in [-0.3, -0.25) is 0 Å². The Bertz CT molecular complexity index is 645. The van der Waals surface area contributed by atoms with E-state index in [4.69, 9.17) is 0 Å². The Morgan fingerprint density at radius 1 is 1.28 bits per heavy atom. The molecule has 90 valence electrons. The van der Waals surface area contributed by atoms with Crippen molar-refractivity contribution in [3.63, 3.8) is 0 Å². The molecule has 0 aliphatic heterocycles. The van der Waals surface area contributed by atoms with Crippen molar-refractivity contribution in [3.05, 3.63) is 39.7 Å². The monoisotopic (exact) mass is 254 g/mol. The van der Waals surface area contributed by atoms with Crippen molar-refractivity contribution in [1.29, 1.82) is 5.26 Å². The van der Waals surface area contributed by atoms with E-state index in [9.17, 15) is 5.26 Å². The van der Waals surface area contributed by atoms with Crippen molar-refractivity contribution < 1.29 is 0 Å². The summed E-state index contributed by atoms with van der Waals surface area (Å²) in [6, 6.07) is 8.80. The zero-order chi connectivity index (χ0) is 12.8. The summed E-state index contributed by atoms with van der Waals surface area (Å²) in [5.41, 5.74) is 4.46. The van der Waals surface area contributed by atoms with Crippen LogP contribution in [0.3, 0.4) is 0 Å². The number of benzene rings is 1. The van der Waals surface area contributed by atoms with Gasteiger partial charge in [-0.15, -0.1) is 11.3 Å². The van der Waals surface area contributed by atoms with Crippen LogP contribution in [0.25, 0.3) is 11.3 Å². The molecule has 0 N–H and O–H groups in total. The van der Waals surface area contributed by atoms with Crippen LogP contribution in [-0.4, -0.2) is 4.98 Å². The highest BCUT2D eigenvalue weighted by Crippen LogP contribution is 2.49. The first kappa shape index (κ1) is 11.4. The van der Waals surface area contributed by atoms with Gasteiger partial charge in [-0.2, -0.15) is 5.26 Å². The number of nitrogens with zero attached hydrogens (tertiary/aromatic N) is 2. The largest absolute Gasteiger partial charge is 0.240 e. The van der Waals surface area contributed by atoms with E-state index in [-0.39, 0.29) is 5.41 Å². The second kappa shape index (κ2) is 3.93. The predicted octanol–water partition coefficient (Wildman–Crippen LogP) is 3.98. The van der Waals surface area contributed by atoms with Crippen molar-refractivity contribution in [3.8, 4) is 17.3 Å². The minimum Gasteiger partial charge on any atom is -0.240 e. The third-order valence-electron chi connectivity index (χ3n) is 3.68. The summed E-state index contributed by atoms with van der Waals surface area (Å²) in [5.74, 6) is 0. The highest BCUT2D eigenvalue weighted by atomic mass is 32.1. The SMILES string of the molecule is Cc1ccc(-c2csc(C3(C#N)CC3)n2)cc1C. The average molecular weight is 254 g/mol. The molecule has 0 spiro atoms. The van der Waals surface area contributed by atoms with E-state index in [0.29, 0.717) is 0 Å². The van der Waals surface area contributed by atoms with E-state index in [1.54, 1.807) is 11.3 Å². The number of thiazole rings is 1. The minimum atomic E-state index is -0.261. The highest BCUT2D eigenvalue weighted by Gasteiger charge is 2.47. The minimum absolute atomic E-state index is 0.261. The lowest BCUT2D eigenvalue weighted by molar-refractivity contribution is 0.891. The van der Waals surface area contributed by atoms with E-state index in [2.05, 4.69) is 48.5 Å². The Morgan fingerprint density at radius 3 is 2.67 bits per heavy atom. The zero-order valence-electron chi connectivity index (χ0n) is 10.5. The van der Waals surface area contributed by atoms with E-state index in [1.165, 1.54) is 11.1 Å². The van der Waals surface area contributed by atoms with Crippen molar-refractivity contribution >= 4 is 11.3 Å². The molecule has 0 unspecified atom stereocenters. The van der Waals surface area contributed by atoms with Crippen LogP contribution in [0.1, 0.15) is 29.0 Å². The molecule has 2 nitrogen and oxygen atoms in total. The number of aromatic nitrogens is 1. The van der Waals surface area contributed by atoms with Gasteiger partial charge in [0.25, 0.3) is 0 Å². The summed E-state index contributed by atoms with van der Waals surface area (Å²) in [5, 5.41) is 12.2. The summed E-state index contributed by atoms with van der Waals surface area (Å²) in [6.45, 7) is 4.23. The standard InChI is InChI=1S/C15H14N2S/c1-10-3-4-12(7-11(10)2)13-8-18-14(17-13)15(9-16)5-6-15/h3-4,7-8H,5-6H2,1-2H3. The van der Waals surface area contributed by atoms with Gasteiger partial charge in [-0.05, 0) is 43.9 Å². The van der Waals surface area contributed by atoms with Crippen LogP contribution in [0.4, 0.5) is 0 Å². The number of hydrogen-bond donors (Lipinski definition) is 0. The fourth-order valence-corrected chi connectivity index (χ4v) is 3.06. The van der Waals surface area contributed by atoms with Gasteiger partial charge in [-0.25, -0.2) is 4.98 Å². The molecular formula is C15H14N2S. The van der Waals surface area contributed by atoms with E-state index >= 15 is 0 Å². The molecule has 0 amide bonds. The van der Waals surface area contributed by atoms with Crippen LogP contribution >= 0.6 is 11.3 Å². The summed E-state index contributed by atoms with van der Waals surface area (Å²) >= 11 is 1.61. The lowest BCUT2D eigenvalue weighted by Gasteiger charge is -2.03. The quantitative estimate of drug-likeness (QED) is 0.812. The molecule has 1 aromatic carbocycles. The van der Waals surface area contributed by atoms with Crippen molar-refractivity contribution in [1.82, 2.24) is 4.98 Å². The molecule has 0 bridgehead atoms. The number of rotatable bonds is 2. The molecule has 0 radical (unpaired) electrons. The summed E-state index contributed by atoms with van der Waals surface area (Å²) in [7, 11) is 0. The Balaban J connectivity index is 1.98. The van der Waals surface area contributed by atoms with Crippen LogP contribution in [0, 0.1) is 25.2 Å². The molecular weight excluding hydrogens is 240 g/mol. The average Bonchev–Trinajstić information content (AvgIpc) is 3.02. The highest BCUT2D eigenvalue weighted by molar-refractivity contribution is 7.10. The van der Waals surface area contributed by atoms with E-state index < -0.39 is 0 Å². The predicted molar refractivity (Wildman–Crippen MR) is 73.5 cm³/mol. The molecule has 3 rings (SSSR count). The zero-order valence-corrected chi connectivity index (χ0v) is 11.3. The van der Waals surface area contributed by atoms with Gasteiger partial charge in [0.05, 0.1) is 11.8 Å². The van der Waals surface area contributed by atoms with Gasteiger partial charge in [0.1, 0.15) is 10.4 Å². The normalized spacial score (nSPS) is 16.3. The van der Waals surface area contributed by atoms with Crippen molar-refractivity contribution in [2.45, 2.75) is 32.1 Å². The van der Waals surface area contributed by atoms with E-state index in [0.717, 1.165) is 29.1 Å². The first-order valence-electron chi connectivity index (χ1n) is 6.09. The topological polar surface area (TPSA) is 36.7 Å². The van der Waals surface area contributed by atoms with Gasteiger partial charge in [0.15, 0.2) is 0 Å². The number of aryl methyl sites for hydroxylation is 2.